The second kappa shape index (κ2) is 12.1. The van der Waals surface area contributed by atoms with Gasteiger partial charge in [0.05, 0.1) is 21.6 Å². The van der Waals surface area contributed by atoms with Crippen molar-refractivity contribution in [2.45, 2.75) is 6.61 Å². The van der Waals surface area contributed by atoms with Gasteiger partial charge in [0.1, 0.15) is 18.2 Å². The molecule has 0 atom stereocenters. The van der Waals surface area contributed by atoms with E-state index in [4.69, 9.17) is 32.7 Å². The summed E-state index contributed by atoms with van der Waals surface area (Å²) in [4.78, 5) is 12.7. The first-order chi connectivity index (χ1) is 16.2. The van der Waals surface area contributed by atoms with E-state index >= 15 is 0 Å². The standard InChI is InChI=1S/C24H15Br3Cl2N2O3/c1-33-20-9-14(8-15(11-30)24(32)31-17-4-2-3-16(25)10-17)21(26)22(27)23(20)34-12-13-5-6-18(28)19(29)7-13/h2-10H,12H2,1H3,(H,31,32)/b15-8-. The summed E-state index contributed by atoms with van der Waals surface area (Å²) in [7, 11) is 1.50. The Labute approximate surface area is 232 Å². The number of rotatable bonds is 7. The second-order valence-corrected chi connectivity index (χ2v) is 10.1. The topological polar surface area (TPSA) is 71.3 Å². The number of nitrogens with zero attached hydrogens (tertiary/aromatic N) is 1. The number of amides is 1. The minimum Gasteiger partial charge on any atom is -0.493 e. The highest BCUT2D eigenvalue weighted by atomic mass is 79.9. The zero-order chi connectivity index (χ0) is 24.8. The Morgan fingerprint density at radius 3 is 2.50 bits per heavy atom. The molecule has 0 aliphatic rings. The summed E-state index contributed by atoms with van der Waals surface area (Å²) in [5.74, 6) is 0.309. The SMILES string of the molecule is COc1cc(/C=C(/C#N)C(=O)Nc2cccc(Br)c2)c(Br)c(Br)c1OCc1ccc(Cl)c(Cl)c1. The zero-order valence-corrected chi connectivity index (χ0v) is 23.7. The summed E-state index contributed by atoms with van der Waals surface area (Å²) in [5.41, 5.74) is 1.84. The Hall–Kier alpha value is -2.02. The van der Waals surface area contributed by atoms with Gasteiger partial charge in [0.25, 0.3) is 5.91 Å². The third-order valence-electron chi connectivity index (χ3n) is 4.49. The highest BCUT2D eigenvalue weighted by Crippen LogP contribution is 2.44. The summed E-state index contributed by atoms with van der Waals surface area (Å²) in [6.45, 7) is 0.214. The molecule has 10 heteroatoms. The lowest BCUT2D eigenvalue weighted by molar-refractivity contribution is -0.112. The van der Waals surface area contributed by atoms with E-state index in [0.29, 0.717) is 41.7 Å². The molecule has 3 aromatic rings. The summed E-state index contributed by atoms with van der Waals surface area (Å²) in [5, 5.41) is 13.2. The van der Waals surface area contributed by atoms with Crippen LogP contribution in [0.15, 0.2) is 67.5 Å². The molecule has 1 amide bonds. The Kier molecular flexibility index (Phi) is 9.46. The third-order valence-corrected chi connectivity index (χ3v) is 7.87. The van der Waals surface area contributed by atoms with Crippen LogP contribution in [0.5, 0.6) is 11.5 Å². The summed E-state index contributed by atoms with van der Waals surface area (Å²) in [6.07, 6.45) is 1.47. The van der Waals surface area contributed by atoms with Gasteiger partial charge in [-0.1, -0.05) is 51.3 Å². The van der Waals surface area contributed by atoms with Gasteiger partial charge in [-0.05, 0) is 85.5 Å². The fourth-order valence-electron chi connectivity index (χ4n) is 2.85. The number of nitriles is 1. The van der Waals surface area contributed by atoms with Crippen molar-refractivity contribution in [1.29, 1.82) is 5.26 Å². The fourth-order valence-corrected chi connectivity index (χ4v) is 4.52. The monoisotopic (exact) mass is 686 g/mol. The molecule has 0 spiro atoms. The number of hydrogen-bond donors (Lipinski definition) is 1. The van der Waals surface area contributed by atoms with E-state index in [2.05, 4.69) is 53.1 Å². The second-order valence-electron chi connectivity index (χ2n) is 6.80. The van der Waals surface area contributed by atoms with Crippen LogP contribution in [-0.2, 0) is 11.4 Å². The van der Waals surface area contributed by atoms with Crippen LogP contribution in [0, 0.1) is 11.3 Å². The number of nitrogens with one attached hydrogen (secondary N) is 1. The summed E-state index contributed by atoms with van der Waals surface area (Å²) >= 11 is 22.4. The molecule has 0 radical (unpaired) electrons. The van der Waals surface area contributed by atoms with Crippen LogP contribution in [0.4, 0.5) is 5.69 Å². The largest absolute Gasteiger partial charge is 0.493 e. The van der Waals surface area contributed by atoms with E-state index in [1.165, 1.54) is 13.2 Å². The van der Waals surface area contributed by atoms with Crippen molar-refractivity contribution in [3.05, 3.63) is 88.7 Å². The lowest BCUT2D eigenvalue weighted by Crippen LogP contribution is -2.13. The van der Waals surface area contributed by atoms with Crippen molar-refractivity contribution in [1.82, 2.24) is 0 Å². The molecular formula is C24H15Br3Cl2N2O3. The Balaban J connectivity index is 1.88. The zero-order valence-electron chi connectivity index (χ0n) is 17.5. The molecular weight excluding hydrogens is 675 g/mol. The van der Waals surface area contributed by atoms with Gasteiger partial charge in [0, 0.05) is 14.6 Å². The molecule has 174 valence electrons. The highest BCUT2D eigenvalue weighted by Gasteiger charge is 2.19. The van der Waals surface area contributed by atoms with Gasteiger partial charge in [0.15, 0.2) is 11.5 Å². The predicted molar refractivity (Wildman–Crippen MR) is 146 cm³/mol. The number of methoxy groups -OCH3 is 1. The van der Waals surface area contributed by atoms with Gasteiger partial charge in [0.2, 0.25) is 0 Å². The molecule has 3 rings (SSSR count). The van der Waals surface area contributed by atoms with Crippen LogP contribution in [0.25, 0.3) is 6.08 Å². The van der Waals surface area contributed by atoms with Gasteiger partial charge < -0.3 is 14.8 Å². The van der Waals surface area contributed by atoms with Crippen LogP contribution >= 0.6 is 71.0 Å². The van der Waals surface area contributed by atoms with E-state index in [9.17, 15) is 10.1 Å². The van der Waals surface area contributed by atoms with E-state index in [0.717, 1.165) is 10.0 Å². The third kappa shape index (κ3) is 6.55. The molecule has 3 aromatic carbocycles. The average Bonchev–Trinajstić information content (AvgIpc) is 2.81. The van der Waals surface area contributed by atoms with Crippen LogP contribution in [0.1, 0.15) is 11.1 Å². The molecule has 0 fully saturated rings. The summed E-state index contributed by atoms with van der Waals surface area (Å²) < 4.78 is 13.4. The first-order valence-electron chi connectivity index (χ1n) is 9.55. The van der Waals surface area contributed by atoms with Crippen LogP contribution in [0.2, 0.25) is 10.0 Å². The molecule has 5 nitrogen and oxygen atoms in total. The minimum atomic E-state index is -0.539. The first-order valence-corrected chi connectivity index (χ1v) is 12.7. The number of benzene rings is 3. The van der Waals surface area contributed by atoms with E-state index < -0.39 is 5.91 Å². The maximum atomic E-state index is 12.7. The molecule has 0 heterocycles. The maximum Gasteiger partial charge on any atom is 0.266 e. The van der Waals surface area contributed by atoms with Gasteiger partial charge in [-0.15, -0.1) is 0 Å². The molecule has 1 N–H and O–H groups in total. The molecule has 0 saturated heterocycles. The number of halogens is 5. The number of carbonyl (C=O) groups is 1. The van der Waals surface area contributed by atoms with Crippen molar-refractivity contribution in [3.63, 3.8) is 0 Å². The van der Waals surface area contributed by atoms with Gasteiger partial charge in [-0.2, -0.15) is 5.26 Å². The van der Waals surface area contributed by atoms with Crippen molar-refractivity contribution < 1.29 is 14.3 Å². The number of hydrogen-bond acceptors (Lipinski definition) is 4. The quantitative estimate of drug-likeness (QED) is 0.200. The van der Waals surface area contributed by atoms with Crippen molar-refractivity contribution in [3.8, 4) is 17.6 Å². The van der Waals surface area contributed by atoms with E-state index in [-0.39, 0.29) is 12.2 Å². The number of carbonyl (C=O) groups excluding carboxylic acids is 1. The Morgan fingerprint density at radius 2 is 1.85 bits per heavy atom. The smallest absolute Gasteiger partial charge is 0.266 e. The van der Waals surface area contributed by atoms with Crippen molar-refractivity contribution in [2.24, 2.45) is 0 Å². The molecule has 0 aliphatic carbocycles. The van der Waals surface area contributed by atoms with Crippen LogP contribution < -0.4 is 14.8 Å². The van der Waals surface area contributed by atoms with E-state index in [1.807, 2.05) is 18.2 Å². The van der Waals surface area contributed by atoms with Gasteiger partial charge >= 0.3 is 0 Å². The highest BCUT2D eigenvalue weighted by molar-refractivity contribution is 9.13. The maximum absolute atomic E-state index is 12.7. The number of ether oxygens (including phenoxy) is 2. The lowest BCUT2D eigenvalue weighted by Gasteiger charge is -2.16. The normalized spacial score (nSPS) is 11.0. The Bertz CT molecular complexity index is 1320. The van der Waals surface area contributed by atoms with Gasteiger partial charge in [-0.25, -0.2) is 0 Å². The molecule has 0 aliphatic heterocycles. The van der Waals surface area contributed by atoms with Crippen LogP contribution in [0.3, 0.4) is 0 Å². The minimum absolute atomic E-state index is 0.0842. The number of anilines is 1. The average molecular weight is 690 g/mol. The Morgan fingerprint density at radius 1 is 1.09 bits per heavy atom. The molecule has 0 saturated carbocycles. The predicted octanol–water partition coefficient (Wildman–Crippen LogP) is 8.41. The van der Waals surface area contributed by atoms with Crippen molar-refractivity contribution in [2.75, 3.05) is 12.4 Å². The van der Waals surface area contributed by atoms with Crippen molar-refractivity contribution >= 4 is 88.7 Å². The van der Waals surface area contributed by atoms with Crippen LogP contribution in [-0.4, -0.2) is 13.0 Å². The molecule has 0 bridgehead atoms. The fraction of sp³-hybridized carbons (Fsp3) is 0.0833. The molecule has 0 aromatic heterocycles. The molecule has 34 heavy (non-hydrogen) atoms. The molecule has 0 unspecified atom stereocenters. The lowest BCUT2D eigenvalue weighted by atomic mass is 10.1. The summed E-state index contributed by atoms with van der Waals surface area (Å²) in [6, 6.07) is 15.9. The van der Waals surface area contributed by atoms with E-state index in [1.54, 1.807) is 36.4 Å². The first kappa shape index (κ1) is 26.6. The van der Waals surface area contributed by atoms with Gasteiger partial charge in [-0.3, -0.25) is 4.79 Å².